The van der Waals surface area contributed by atoms with Gasteiger partial charge in [0, 0.05) is 11.8 Å². The van der Waals surface area contributed by atoms with E-state index in [9.17, 15) is 4.79 Å². The average molecular weight is 302 g/mol. The van der Waals surface area contributed by atoms with E-state index in [1.54, 1.807) is 30.3 Å². The summed E-state index contributed by atoms with van der Waals surface area (Å²) in [6.45, 7) is 0. The molecule has 0 heterocycles. The number of hydrogen-bond donors (Lipinski definition) is 2. The fourth-order valence-electron chi connectivity index (χ4n) is 1.77. The van der Waals surface area contributed by atoms with Crippen LogP contribution in [0.2, 0.25) is 5.02 Å². The molecule has 106 valence electrons. The molecule has 1 amide bonds. The Kier molecular flexibility index (Phi) is 4.31. The molecular formula is C15H12ClN3O2. The molecule has 2 rings (SSSR count). The van der Waals surface area contributed by atoms with Gasteiger partial charge in [-0.15, -0.1) is 0 Å². The molecule has 0 aliphatic heterocycles. The minimum Gasteiger partial charge on any atom is -0.496 e. The van der Waals surface area contributed by atoms with Crippen LogP contribution < -0.4 is 15.8 Å². The van der Waals surface area contributed by atoms with Crippen molar-refractivity contribution >= 4 is 28.9 Å². The van der Waals surface area contributed by atoms with Crippen LogP contribution in [0.15, 0.2) is 36.4 Å². The number of methoxy groups -OCH3 is 1. The van der Waals surface area contributed by atoms with Crippen LogP contribution in [0.25, 0.3) is 0 Å². The number of carbonyl (C=O) groups excluding carboxylic acids is 1. The minimum atomic E-state index is -0.376. The number of anilines is 2. The quantitative estimate of drug-likeness (QED) is 0.853. The van der Waals surface area contributed by atoms with Crippen molar-refractivity contribution in [2.24, 2.45) is 0 Å². The van der Waals surface area contributed by atoms with Gasteiger partial charge in [-0.3, -0.25) is 4.79 Å². The van der Waals surface area contributed by atoms with E-state index in [4.69, 9.17) is 27.3 Å². The molecule has 0 aliphatic carbocycles. The van der Waals surface area contributed by atoms with Crippen LogP contribution in [0.4, 0.5) is 11.4 Å². The van der Waals surface area contributed by atoms with E-state index in [-0.39, 0.29) is 10.9 Å². The fourth-order valence-corrected chi connectivity index (χ4v) is 2.00. The lowest BCUT2D eigenvalue weighted by Crippen LogP contribution is -2.13. The standard InChI is InChI=1S/C15H12ClN3O2/c1-21-14-7-10(18)3-4-11(14)15(20)19-13-5-2-9(8-17)6-12(13)16/h2-7H,18H2,1H3,(H,19,20). The number of benzene rings is 2. The first-order valence-electron chi connectivity index (χ1n) is 5.99. The normalized spacial score (nSPS) is 9.76. The van der Waals surface area contributed by atoms with E-state index in [1.807, 2.05) is 6.07 Å². The molecule has 0 saturated carbocycles. The van der Waals surface area contributed by atoms with Gasteiger partial charge < -0.3 is 15.8 Å². The lowest BCUT2D eigenvalue weighted by atomic mass is 10.1. The van der Waals surface area contributed by atoms with Crippen molar-refractivity contribution in [3.8, 4) is 11.8 Å². The van der Waals surface area contributed by atoms with Crippen molar-refractivity contribution in [2.75, 3.05) is 18.2 Å². The summed E-state index contributed by atoms with van der Waals surface area (Å²) in [5, 5.41) is 11.7. The molecule has 0 aliphatic rings. The van der Waals surface area contributed by atoms with Crippen LogP contribution >= 0.6 is 11.6 Å². The number of nitrogens with one attached hydrogen (secondary N) is 1. The minimum absolute atomic E-state index is 0.289. The number of carbonyl (C=O) groups is 1. The molecule has 0 radical (unpaired) electrons. The number of nitrogens with zero attached hydrogens (tertiary/aromatic N) is 1. The van der Waals surface area contributed by atoms with Crippen molar-refractivity contribution in [2.45, 2.75) is 0 Å². The third-order valence-electron chi connectivity index (χ3n) is 2.82. The lowest BCUT2D eigenvalue weighted by Gasteiger charge is -2.11. The van der Waals surface area contributed by atoms with Crippen molar-refractivity contribution in [3.05, 3.63) is 52.5 Å². The first-order chi connectivity index (χ1) is 10.0. The fraction of sp³-hybridized carbons (Fsp3) is 0.0667. The molecule has 6 heteroatoms. The molecule has 0 bridgehead atoms. The SMILES string of the molecule is COc1cc(N)ccc1C(=O)Nc1ccc(C#N)cc1Cl. The number of hydrogen-bond acceptors (Lipinski definition) is 4. The zero-order chi connectivity index (χ0) is 15.4. The highest BCUT2D eigenvalue weighted by atomic mass is 35.5. The number of amides is 1. The van der Waals surface area contributed by atoms with E-state index in [1.165, 1.54) is 13.2 Å². The number of ether oxygens (including phenoxy) is 1. The summed E-state index contributed by atoms with van der Waals surface area (Å²) in [6, 6.07) is 11.3. The van der Waals surface area contributed by atoms with Gasteiger partial charge in [0.25, 0.3) is 5.91 Å². The Morgan fingerprint density at radius 1 is 1.33 bits per heavy atom. The summed E-state index contributed by atoms with van der Waals surface area (Å²) >= 11 is 6.02. The summed E-state index contributed by atoms with van der Waals surface area (Å²) in [5.74, 6) is -0.00396. The molecule has 0 spiro atoms. The Morgan fingerprint density at radius 2 is 2.10 bits per heavy atom. The third kappa shape index (κ3) is 3.25. The molecule has 0 atom stereocenters. The smallest absolute Gasteiger partial charge is 0.259 e. The number of nitriles is 1. The van der Waals surface area contributed by atoms with E-state index >= 15 is 0 Å². The van der Waals surface area contributed by atoms with Gasteiger partial charge in [0.15, 0.2) is 0 Å². The van der Waals surface area contributed by atoms with Gasteiger partial charge in [-0.25, -0.2) is 0 Å². The molecule has 0 aromatic heterocycles. The molecule has 5 nitrogen and oxygen atoms in total. The number of nitrogens with two attached hydrogens (primary N) is 1. The number of rotatable bonds is 3. The van der Waals surface area contributed by atoms with E-state index < -0.39 is 0 Å². The van der Waals surface area contributed by atoms with Crippen LogP contribution in [-0.2, 0) is 0 Å². The molecule has 21 heavy (non-hydrogen) atoms. The summed E-state index contributed by atoms with van der Waals surface area (Å²) in [5.41, 5.74) is 7.32. The summed E-state index contributed by atoms with van der Waals surface area (Å²) in [6.07, 6.45) is 0. The molecule has 2 aromatic carbocycles. The highest BCUT2D eigenvalue weighted by Gasteiger charge is 2.14. The highest BCUT2D eigenvalue weighted by molar-refractivity contribution is 6.34. The molecular weight excluding hydrogens is 290 g/mol. The first kappa shape index (κ1) is 14.7. The van der Waals surface area contributed by atoms with Crippen molar-refractivity contribution in [1.29, 1.82) is 5.26 Å². The topological polar surface area (TPSA) is 88.1 Å². The van der Waals surface area contributed by atoms with Crippen molar-refractivity contribution < 1.29 is 9.53 Å². The Balaban J connectivity index is 2.28. The van der Waals surface area contributed by atoms with Gasteiger partial charge in [-0.2, -0.15) is 5.26 Å². The van der Waals surface area contributed by atoms with Crippen LogP contribution in [0, 0.1) is 11.3 Å². The third-order valence-corrected chi connectivity index (χ3v) is 3.13. The molecule has 0 fully saturated rings. The van der Waals surface area contributed by atoms with Crippen LogP contribution in [0.1, 0.15) is 15.9 Å². The van der Waals surface area contributed by atoms with Gasteiger partial charge in [-0.05, 0) is 30.3 Å². The van der Waals surface area contributed by atoms with Crippen LogP contribution in [0.3, 0.4) is 0 Å². The van der Waals surface area contributed by atoms with Crippen molar-refractivity contribution in [3.63, 3.8) is 0 Å². The zero-order valence-corrected chi connectivity index (χ0v) is 11.9. The average Bonchev–Trinajstić information content (AvgIpc) is 2.48. The van der Waals surface area contributed by atoms with Gasteiger partial charge in [0.05, 0.1) is 35.0 Å². The van der Waals surface area contributed by atoms with Gasteiger partial charge in [0.2, 0.25) is 0 Å². The van der Waals surface area contributed by atoms with Crippen LogP contribution in [-0.4, -0.2) is 13.0 Å². The Hall–Kier alpha value is -2.71. The Labute approximate surface area is 126 Å². The maximum absolute atomic E-state index is 12.3. The number of nitrogen functional groups attached to an aromatic ring is 1. The number of halogens is 1. The Bertz CT molecular complexity index is 738. The summed E-state index contributed by atoms with van der Waals surface area (Å²) in [4.78, 5) is 12.3. The zero-order valence-electron chi connectivity index (χ0n) is 11.2. The second-order valence-corrected chi connectivity index (χ2v) is 4.63. The molecule has 0 unspecified atom stereocenters. The summed E-state index contributed by atoms with van der Waals surface area (Å²) < 4.78 is 5.13. The van der Waals surface area contributed by atoms with E-state index in [0.717, 1.165) is 0 Å². The monoisotopic (exact) mass is 301 g/mol. The largest absolute Gasteiger partial charge is 0.496 e. The van der Waals surface area contributed by atoms with Gasteiger partial charge >= 0.3 is 0 Å². The molecule has 0 saturated heterocycles. The second kappa shape index (κ2) is 6.16. The predicted octanol–water partition coefficient (Wildman–Crippen LogP) is 3.05. The molecule has 3 N–H and O–H groups in total. The first-order valence-corrected chi connectivity index (χ1v) is 6.37. The maximum atomic E-state index is 12.3. The predicted molar refractivity (Wildman–Crippen MR) is 81.5 cm³/mol. The maximum Gasteiger partial charge on any atom is 0.259 e. The highest BCUT2D eigenvalue weighted by Crippen LogP contribution is 2.26. The molecule has 2 aromatic rings. The second-order valence-electron chi connectivity index (χ2n) is 4.22. The summed E-state index contributed by atoms with van der Waals surface area (Å²) in [7, 11) is 1.46. The van der Waals surface area contributed by atoms with Gasteiger partial charge in [-0.1, -0.05) is 11.6 Å². The lowest BCUT2D eigenvalue weighted by molar-refractivity contribution is 0.102. The Morgan fingerprint density at radius 3 is 2.71 bits per heavy atom. The van der Waals surface area contributed by atoms with Crippen molar-refractivity contribution in [1.82, 2.24) is 0 Å². The van der Waals surface area contributed by atoms with Crippen LogP contribution in [0.5, 0.6) is 5.75 Å². The van der Waals surface area contributed by atoms with E-state index in [0.29, 0.717) is 28.3 Å². The van der Waals surface area contributed by atoms with E-state index in [2.05, 4.69) is 5.32 Å². The van der Waals surface area contributed by atoms with Gasteiger partial charge in [0.1, 0.15) is 5.75 Å².